The standard InChI is InChI=1S/C19H15ClN2O4S/c1-3-27-17-16(12-5-8-14(9-6-12)22(25)26)18(23)21(19(17)24)15-10-13(20)7-4-11(15)2/h4-10H,3H2,1-2H3. The van der Waals surface area contributed by atoms with Crippen molar-refractivity contribution in [3.63, 3.8) is 0 Å². The maximum atomic E-state index is 13.1. The molecule has 0 unspecified atom stereocenters. The molecule has 0 aromatic heterocycles. The first-order chi connectivity index (χ1) is 12.8. The smallest absolute Gasteiger partial charge is 0.268 e. The summed E-state index contributed by atoms with van der Waals surface area (Å²) in [6, 6.07) is 10.6. The highest BCUT2D eigenvalue weighted by Crippen LogP contribution is 2.40. The Morgan fingerprint density at radius 2 is 1.78 bits per heavy atom. The van der Waals surface area contributed by atoms with E-state index in [9.17, 15) is 19.7 Å². The normalized spacial score (nSPS) is 14.3. The van der Waals surface area contributed by atoms with Crippen LogP contribution in [0.2, 0.25) is 5.02 Å². The van der Waals surface area contributed by atoms with E-state index in [2.05, 4.69) is 0 Å². The van der Waals surface area contributed by atoms with Crippen LogP contribution in [0, 0.1) is 17.0 Å². The highest BCUT2D eigenvalue weighted by atomic mass is 35.5. The van der Waals surface area contributed by atoms with E-state index in [1.165, 1.54) is 36.0 Å². The van der Waals surface area contributed by atoms with Crippen molar-refractivity contribution in [2.24, 2.45) is 0 Å². The second-order valence-corrected chi connectivity index (χ2v) is 7.53. The van der Waals surface area contributed by atoms with E-state index in [1.54, 1.807) is 25.1 Å². The zero-order valence-corrected chi connectivity index (χ0v) is 16.1. The Morgan fingerprint density at radius 1 is 1.11 bits per heavy atom. The number of anilines is 1. The van der Waals surface area contributed by atoms with Gasteiger partial charge in [-0.3, -0.25) is 19.7 Å². The number of rotatable bonds is 5. The van der Waals surface area contributed by atoms with Crippen LogP contribution in [0.15, 0.2) is 47.4 Å². The lowest BCUT2D eigenvalue weighted by molar-refractivity contribution is -0.384. The summed E-state index contributed by atoms with van der Waals surface area (Å²) in [6.07, 6.45) is 0. The van der Waals surface area contributed by atoms with E-state index in [0.717, 1.165) is 10.5 Å². The molecule has 0 atom stereocenters. The first-order valence-electron chi connectivity index (χ1n) is 8.12. The Morgan fingerprint density at radius 3 is 2.37 bits per heavy atom. The summed E-state index contributed by atoms with van der Waals surface area (Å²) < 4.78 is 0. The summed E-state index contributed by atoms with van der Waals surface area (Å²) in [6.45, 7) is 3.68. The molecule has 6 nitrogen and oxygen atoms in total. The fraction of sp³-hybridized carbons (Fsp3) is 0.158. The molecule has 0 bridgehead atoms. The number of benzene rings is 2. The first kappa shape index (κ1) is 19.1. The third-order valence-corrected chi connectivity index (χ3v) is 5.30. The molecule has 2 aromatic rings. The lowest BCUT2D eigenvalue weighted by Crippen LogP contribution is -2.32. The molecular formula is C19H15ClN2O4S. The minimum absolute atomic E-state index is 0.0802. The van der Waals surface area contributed by atoms with Crippen molar-refractivity contribution in [2.75, 3.05) is 10.7 Å². The molecule has 0 radical (unpaired) electrons. The van der Waals surface area contributed by atoms with Crippen LogP contribution in [0.1, 0.15) is 18.1 Å². The quantitative estimate of drug-likeness (QED) is 0.415. The van der Waals surface area contributed by atoms with Crippen LogP contribution in [-0.2, 0) is 9.59 Å². The van der Waals surface area contributed by atoms with Crippen molar-refractivity contribution in [3.8, 4) is 0 Å². The minimum Gasteiger partial charge on any atom is -0.268 e. The maximum Gasteiger partial charge on any atom is 0.272 e. The van der Waals surface area contributed by atoms with Crippen LogP contribution < -0.4 is 4.90 Å². The van der Waals surface area contributed by atoms with Gasteiger partial charge in [-0.15, -0.1) is 11.8 Å². The predicted molar refractivity (Wildman–Crippen MR) is 107 cm³/mol. The van der Waals surface area contributed by atoms with Crippen LogP contribution in [0.4, 0.5) is 11.4 Å². The highest BCUT2D eigenvalue weighted by molar-refractivity contribution is 8.04. The SMILES string of the molecule is CCSC1=C(c2ccc([N+](=O)[O-])cc2)C(=O)N(c2cc(Cl)ccc2C)C1=O. The number of nitro benzene ring substituents is 1. The van der Waals surface area contributed by atoms with Gasteiger partial charge in [0.1, 0.15) is 0 Å². The number of halogens is 1. The first-order valence-corrected chi connectivity index (χ1v) is 9.48. The zero-order valence-electron chi connectivity index (χ0n) is 14.6. The van der Waals surface area contributed by atoms with Gasteiger partial charge in [-0.05, 0) is 48.1 Å². The van der Waals surface area contributed by atoms with Gasteiger partial charge in [-0.2, -0.15) is 0 Å². The molecule has 0 N–H and O–H groups in total. The number of nitrogens with zero attached hydrogens (tertiary/aromatic N) is 2. The van der Waals surface area contributed by atoms with Gasteiger partial charge in [-0.1, -0.05) is 24.6 Å². The van der Waals surface area contributed by atoms with E-state index in [0.29, 0.717) is 26.9 Å². The second kappa shape index (κ2) is 7.54. The molecule has 2 aromatic carbocycles. The number of amides is 2. The molecule has 27 heavy (non-hydrogen) atoms. The highest BCUT2D eigenvalue weighted by Gasteiger charge is 2.40. The van der Waals surface area contributed by atoms with Crippen molar-refractivity contribution in [1.82, 2.24) is 0 Å². The molecule has 2 amide bonds. The Labute approximate surface area is 165 Å². The lowest BCUT2D eigenvalue weighted by atomic mass is 10.1. The summed E-state index contributed by atoms with van der Waals surface area (Å²) in [5.41, 5.74) is 1.82. The summed E-state index contributed by atoms with van der Waals surface area (Å²) >= 11 is 7.33. The van der Waals surface area contributed by atoms with E-state index >= 15 is 0 Å². The third kappa shape index (κ3) is 3.48. The van der Waals surface area contributed by atoms with Gasteiger partial charge >= 0.3 is 0 Å². The van der Waals surface area contributed by atoms with Crippen LogP contribution >= 0.6 is 23.4 Å². The Hall–Kier alpha value is -2.64. The number of aryl methyl sites for hydroxylation is 1. The summed E-state index contributed by atoms with van der Waals surface area (Å²) in [7, 11) is 0. The van der Waals surface area contributed by atoms with Crippen molar-refractivity contribution < 1.29 is 14.5 Å². The van der Waals surface area contributed by atoms with Crippen molar-refractivity contribution in [1.29, 1.82) is 0 Å². The second-order valence-electron chi connectivity index (χ2n) is 5.82. The Kier molecular flexibility index (Phi) is 5.34. The monoisotopic (exact) mass is 402 g/mol. The number of nitro groups is 1. The van der Waals surface area contributed by atoms with E-state index in [1.807, 2.05) is 6.92 Å². The zero-order chi connectivity index (χ0) is 19.7. The van der Waals surface area contributed by atoms with Crippen molar-refractivity contribution in [2.45, 2.75) is 13.8 Å². The molecule has 138 valence electrons. The molecule has 0 saturated carbocycles. The molecule has 3 rings (SSSR count). The maximum absolute atomic E-state index is 13.1. The van der Waals surface area contributed by atoms with E-state index in [4.69, 9.17) is 11.6 Å². The molecule has 0 spiro atoms. The summed E-state index contributed by atoms with van der Waals surface area (Å²) in [4.78, 5) is 38.0. The van der Waals surface area contributed by atoms with Gasteiger partial charge in [0, 0.05) is 17.2 Å². The number of imide groups is 1. The lowest BCUT2D eigenvalue weighted by Gasteiger charge is -2.18. The van der Waals surface area contributed by atoms with Gasteiger partial charge in [0.2, 0.25) is 0 Å². The van der Waals surface area contributed by atoms with Crippen LogP contribution in [0.25, 0.3) is 5.57 Å². The van der Waals surface area contributed by atoms with E-state index in [-0.39, 0.29) is 11.3 Å². The Bertz CT molecular complexity index is 986. The average molecular weight is 403 g/mol. The van der Waals surface area contributed by atoms with Gasteiger partial charge in [0.25, 0.3) is 17.5 Å². The summed E-state index contributed by atoms with van der Waals surface area (Å²) in [5, 5.41) is 11.3. The molecule has 1 aliphatic rings. The molecule has 0 saturated heterocycles. The Balaban J connectivity index is 2.10. The predicted octanol–water partition coefficient (Wildman–Crippen LogP) is 4.59. The topological polar surface area (TPSA) is 80.5 Å². The fourth-order valence-corrected chi connectivity index (χ4v) is 3.85. The van der Waals surface area contributed by atoms with Crippen molar-refractivity contribution >= 4 is 52.1 Å². The molecular weight excluding hydrogens is 388 g/mol. The number of hydrogen-bond donors (Lipinski definition) is 0. The van der Waals surface area contributed by atoms with Crippen LogP contribution in [0.5, 0.6) is 0 Å². The third-order valence-electron chi connectivity index (χ3n) is 4.11. The van der Waals surface area contributed by atoms with Gasteiger partial charge < -0.3 is 0 Å². The number of carbonyl (C=O) groups is 2. The number of non-ortho nitro benzene ring substituents is 1. The fourth-order valence-electron chi connectivity index (χ4n) is 2.83. The minimum atomic E-state index is -0.511. The van der Waals surface area contributed by atoms with Gasteiger partial charge in [0.15, 0.2) is 0 Å². The number of carbonyl (C=O) groups excluding carboxylic acids is 2. The number of thioether (sulfide) groups is 1. The van der Waals surface area contributed by atoms with Crippen molar-refractivity contribution in [3.05, 3.63) is 73.6 Å². The molecule has 1 heterocycles. The molecule has 8 heteroatoms. The average Bonchev–Trinajstić information content (AvgIpc) is 2.88. The van der Waals surface area contributed by atoms with Gasteiger partial charge in [-0.25, -0.2) is 4.90 Å². The van der Waals surface area contributed by atoms with E-state index < -0.39 is 16.7 Å². The van der Waals surface area contributed by atoms with Crippen LogP contribution in [0.3, 0.4) is 0 Å². The largest absolute Gasteiger partial charge is 0.272 e. The number of hydrogen-bond acceptors (Lipinski definition) is 5. The molecule has 0 aliphatic carbocycles. The summed E-state index contributed by atoms with van der Waals surface area (Å²) in [5.74, 6) is -0.270. The molecule has 0 fully saturated rings. The van der Waals surface area contributed by atoms with Gasteiger partial charge in [0.05, 0.1) is 21.1 Å². The molecule has 1 aliphatic heterocycles. The van der Waals surface area contributed by atoms with Crippen LogP contribution in [-0.4, -0.2) is 22.5 Å².